The molecule has 1 fully saturated rings. The Labute approximate surface area is 206 Å². The number of pyridine rings is 1. The van der Waals surface area contributed by atoms with Crippen molar-refractivity contribution in [2.24, 2.45) is 0 Å². The van der Waals surface area contributed by atoms with Gasteiger partial charge in [0.05, 0.1) is 36.1 Å². The van der Waals surface area contributed by atoms with E-state index in [9.17, 15) is 13.2 Å². The van der Waals surface area contributed by atoms with E-state index < -0.39 is 11.7 Å². The van der Waals surface area contributed by atoms with Crippen molar-refractivity contribution in [1.82, 2.24) is 19.8 Å². The molecule has 1 aliphatic heterocycles. The Hall–Kier alpha value is -3.59. The second kappa shape index (κ2) is 8.88. The number of aromatic nitrogens is 2. The summed E-state index contributed by atoms with van der Waals surface area (Å²) in [4.78, 5) is 6.60. The van der Waals surface area contributed by atoms with Gasteiger partial charge in [-0.3, -0.25) is 4.98 Å². The summed E-state index contributed by atoms with van der Waals surface area (Å²) in [7, 11) is 0. The molecule has 3 aromatic heterocycles. The Balaban J connectivity index is 1.62. The fourth-order valence-corrected chi connectivity index (χ4v) is 5.10. The van der Waals surface area contributed by atoms with Gasteiger partial charge in [0.25, 0.3) is 0 Å². The molecule has 180 valence electrons. The number of aryl methyl sites for hydroxylation is 1. The lowest BCUT2D eigenvalue weighted by Crippen LogP contribution is -2.29. The van der Waals surface area contributed by atoms with E-state index in [1.165, 1.54) is 12.1 Å². The van der Waals surface area contributed by atoms with Gasteiger partial charge in [0, 0.05) is 23.3 Å². The van der Waals surface area contributed by atoms with Gasteiger partial charge in [0.1, 0.15) is 5.76 Å². The number of nitrogens with zero attached hydrogens (tertiary/aromatic N) is 3. The summed E-state index contributed by atoms with van der Waals surface area (Å²) in [6.45, 7) is 4.26. The van der Waals surface area contributed by atoms with Crippen LogP contribution in [0.2, 0.25) is 0 Å². The molecule has 0 bridgehead atoms. The molecule has 0 saturated carbocycles. The van der Waals surface area contributed by atoms with E-state index in [0.29, 0.717) is 17.3 Å². The maximum absolute atomic E-state index is 13.4. The second-order valence-electron chi connectivity index (χ2n) is 8.54. The smallest absolute Gasteiger partial charge is 0.416 e. The summed E-state index contributed by atoms with van der Waals surface area (Å²) >= 11 is 5.72. The fraction of sp³-hybridized carbons (Fsp3) is 0.231. The fourth-order valence-electron chi connectivity index (χ4n) is 4.79. The van der Waals surface area contributed by atoms with Crippen molar-refractivity contribution in [3.63, 3.8) is 0 Å². The molecular formula is C26H23F3N4OS. The van der Waals surface area contributed by atoms with Gasteiger partial charge in [-0.05, 0) is 80.2 Å². The van der Waals surface area contributed by atoms with Crippen molar-refractivity contribution in [3.8, 4) is 5.69 Å². The number of alkyl halides is 3. The van der Waals surface area contributed by atoms with Crippen LogP contribution in [-0.2, 0) is 12.7 Å². The monoisotopic (exact) mass is 496 g/mol. The Morgan fingerprint density at radius 2 is 1.89 bits per heavy atom. The van der Waals surface area contributed by atoms with Crippen LogP contribution in [0.4, 0.5) is 13.2 Å². The molecule has 1 saturated heterocycles. The first-order valence-electron chi connectivity index (χ1n) is 11.1. The molecular weight excluding hydrogens is 473 g/mol. The van der Waals surface area contributed by atoms with Gasteiger partial charge in [-0.2, -0.15) is 13.2 Å². The molecule has 2 atom stereocenters. The largest absolute Gasteiger partial charge is 0.467 e. The third-order valence-electron chi connectivity index (χ3n) is 6.32. The van der Waals surface area contributed by atoms with E-state index in [1.807, 2.05) is 59.7 Å². The Morgan fingerprint density at radius 3 is 2.57 bits per heavy atom. The normalized spacial score (nSPS) is 18.2. The number of rotatable bonds is 5. The number of thiocarbonyl (C=S) groups is 1. The molecule has 5 nitrogen and oxygen atoms in total. The molecule has 0 radical (unpaired) electrons. The van der Waals surface area contributed by atoms with Crippen LogP contribution >= 0.6 is 12.2 Å². The lowest BCUT2D eigenvalue weighted by Gasteiger charge is -2.27. The van der Waals surface area contributed by atoms with Gasteiger partial charge in [-0.15, -0.1) is 0 Å². The maximum atomic E-state index is 13.4. The number of halogens is 3. The molecule has 0 amide bonds. The summed E-state index contributed by atoms with van der Waals surface area (Å²) < 4.78 is 47.6. The van der Waals surface area contributed by atoms with E-state index in [1.54, 1.807) is 18.5 Å². The zero-order valence-electron chi connectivity index (χ0n) is 19.1. The lowest BCUT2D eigenvalue weighted by molar-refractivity contribution is -0.137. The van der Waals surface area contributed by atoms with E-state index in [2.05, 4.69) is 10.3 Å². The predicted octanol–water partition coefficient (Wildman–Crippen LogP) is 6.27. The SMILES string of the molecule is Cc1cc([C@@H]2[C@@H](c3ccccn3)NC(=S)N2Cc2ccco2)c(C)n1-c1cccc(C(F)(F)F)c1. The van der Waals surface area contributed by atoms with Gasteiger partial charge in [0.2, 0.25) is 0 Å². The molecule has 0 unspecified atom stereocenters. The van der Waals surface area contributed by atoms with Crippen LogP contribution < -0.4 is 5.32 Å². The van der Waals surface area contributed by atoms with Gasteiger partial charge in [-0.25, -0.2) is 0 Å². The summed E-state index contributed by atoms with van der Waals surface area (Å²) in [6, 6.07) is 16.3. The molecule has 4 heterocycles. The summed E-state index contributed by atoms with van der Waals surface area (Å²) in [5.74, 6) is 0.757. The van der Waals surface area contributed by atoms with Gasteiger partial charge in [0.15, 0.2) is 5.11 Å². The van der Waals surface area contributed by atoms with Crippen LogP contribution in [0.1, 0.15) is 46.1 Å². The number of benzene rings is 1. The van der Waals surface area contributed by atoms with Crippen LogP contribution in [0.5, 0.6) is 0 Å². The van der Waals surface area contributed by atoms with Gasteiger partial charge < -0.3 is 19.2 Å². The molecule has 0 aliphatic carbocycles. The molecule has 5 rings (SSSR count). The standard InChI is InChI=1S/C26H23F3N4OS/c1-16-13-21(17(2)33(16)19-8-5-7-18(14-19)26(27,28)29)24-23(22-10-3-4-11-30-22)31-25(35)32(24)15-20-9-6-12-34-20/h3-14,23-24H,15H2,1-2H3,(H,31,35)/t23-,24-/m1/s1. The third-order valence-corrected chi connectivity index (χ3v) is 6.68. The van der Waals surface area contributed by atoms with E-state index in [4.69, 9.17) is 16.6 Å². The minimum absolute atomic E-state index is 0.242. The van der Waals surface area contributed by atoms with Crippen LogP contribution in [0.25, 0.3) is 5.69 Å². The first-order chi connectivity index (χ1) is 16.7. The van der Waals surface area contributed by atoms with Crippen molar-refractivity contribution in [2.75, 3.05) is 0 Å². The number of hydrogen-bond donors (Lipinski definition) is 1. The summed E-state index contributed by atoms with van der Waals surface area (Å²) in [5, 5.41) is 3.96. The Kier molecular flexibility index (Phi) is 5.88. The maximum Gasteiger partial charge on any atom is 0.416 e. The van der Waals surface area contributed by atoms with Crippen molar-refractivity contribution < 1.29 is 17.6 Å². The van der Waals surface area contributed by atoms with E-state index in [-0.39, 0.29) is 12.1 Å². The van der Waals surface area contributed by atoms with Crippen LogP contribution in [-0.4, -0.2) is 19.6 Å². The summed E-state index contributed by atoms with van der Waals surface area (Å²) in [5.41, 5.74) is 3.22. The van der Waals surface area contributed by atoms with Crippen LogP contribution in [0.3, 0.4) is 0 Å². The topological polar surface area (TPSA) is 46.2 Å². The molecule has 0 spiro atoms. The quantitative estimate of drug-likeness (QED) is 0.330. The highest BCUT2D eigenvalue weighted by Crippen LogP contribution is 2.42. The molecule has 1 aliphatic rings. The minimum Gasteiger partial charge on any atom is -0.467 e. The highest BCUT2D eigenvalue weighted by Gasteiger charge is 2.42. The molecule has 4 aromatic rings. The van der Waals surface area contributed by atoms with Crippen molar-refractivity contribution in [1.29, 1.82) is 0 Å². The average molecular weight is 497 g/mol. The van der Waals surface area contributed by atoms with Crippen LogP contribution in [0.15, 0.2) is 77.5 Å². The minimum atomic E-state index is -4.42. The number of nitrogens with one attached hydrogen (secondary N) is 1. The van der Waals surface area contributed by atoms with Gasteiger partial charge in [-0.1, -0.05) is 12.1 Å². The zero-order chi connectivity index (χ0) is 24.7. The lowest BCUT2D eigenvalue weighted by atomic mass is 9.96. The molecule has 35 heavy (non-hydrogen) atoms. The molecule has 1 aromatic carbocycles. The highest BCUT2D eigenvalue weighted by atomic mass is 32.1. The van der Waals surface area contributed by atoms with E-state index >= 15 is 0 Å². The van der Waals surface area contributed by atoms with Crippen LogP contribution in [0, 0.1) is 13.8 Å². The van der Waals surface area contributed by atoms with Gasteiger partial charge >= 0.3 is 6.18 Å². The number of hydrogen-bond acceptors (Lipinski definition) is 3. The zero-order valence-corrected chi connectivity index (χ0v) is 19.9. The van der Waals surface area contributed by atoms with Crippen molar-refractivity contribution in [3.05, 3.63) is 107 Å². The predicted molar refractivity (Wildman–Crippen MR) is 130 cm³/mol. The second-order valence-corrected chi connectivity index (χ2v) is 8.93. The first-order valence-corrected chi connectivity index (χ1v) is 11.5. The molecule has 9 heteroatoms. The Morgan fingerprint density at radius 1 is 1.06 bits per heavy atom. The highest BCUT2D eigenvalue weighted by molar-refractivity contribution is 7.80. The summed E-state index contributed by atoms with van der Waals surface area (Å²) in [6.07, 6.45) is -1.07. The Bertz CT molecular complexity index is 1350. The molecule has 1 N–H and O–H groups in total. The average Bonchev–Trinajstić information content (AvgIpc) is 3.53. The number of furan rings is 1. The van der Waals surface area contributed by atoms with Crippen molar-refractivity contribution >= 4 is 17.3 Å². The third kappa shape index (κ3) is 4.32. The van der Waals surface area contributed by atoms with Crippen molar-refractivity contribution in [2.45, 2.75) is 38.7 Å². The van der Waals surface area contributed by atoms with E-state index in [0.717, 1.165) is 34.5 Å². The first kappa shape index (κ1) is 23.2.